The molecule has 0 unspecified atom stereocenters. The van der Waals surface area contributed by atoms with Crippen LogP contribution >= 0.6 is 0 Å². The molecule has 15 nitrogen and oxygen atoms in total. The molecule has 0 bridgehead atoms. The van der Waals surface area contributed by atoms with Gasteiger partial charge in [0.05, 0.1) is 74.3 Å². The van der Waals surface area contributed by atoms with Crippen molar-refractivity contribution in [1.29, 1.82) is 0 Å². The van der Waals surface area contributed by atoms with Gasteiger partial charge in [0.25, 0.3) is 0 Å². The number of carbonyl (C=O) groups is 1. The highest BCUT2D eigenvalue weighted by Gasteiger charge is 2.61. The van der Waals surface area contributed by atoms with E-state index >= 15 is 0 Å². The highest BCUT2D eigenvalue weighted by Crippen LogP contribution is 2.50. The van der Waals surface area contributed by atoms with Crippen molar-refractivity contribution in [1.82, 2.24) is 0 Å². The third kappa shape index (κ3) is 15.2. The number of ether oxygens (including phenoxy) is 10. The Hall–Kier alpha value is -1.66. The van der Waals surface area contributed by atoms with Crippen LogP contribution in [0.1, 0.15) is 155 Å². The first-order valence-corrected chi connectivity index (χ1v) is 35.9. The number of aliphatic hydroxyl groups is 2. The molecule has 0 radical (unpaired) electrons. The van der Waals surface area contributed by atoms with E-state index in [9.17, 15) is 15.0 Å². The molecule has 1 aliphatic carbocycles. The molecule has 454 valence electrons. The quantitative estimate of drug-likeness (QED) is 0.0670. The molecule has 6 rings (SSSR count). The first-order valence-electron chi connectivity index (χ1n) is 30.0. The predicted molar refractivity (Wildman–Crippen MR) is 312 cm³/mol. The summed E-state index contributed by atoms with van der Waals surface area (Å²) >= 11 is 0. The SMILES string of the molecule is CCOC(=O)[C@@H]1C=C(C)[C@@H](O[Si](C)(C)C(C)(C)C)[C@H]2OC/C(=C\C=C\[C@H](C)[C@H](O[C@H]3C[C@H](OC)[C@@H](O[C@H]4C[C@H](OC)[C@@H](O[Si](C)(C)C(C)(C)C)[C@H](C)O4)[C@H](C)O3)/C(C)=C/C[C@@H]3C[C@H](O)C[C@]4(CC[C@H](C)[C@@H]([C@@H](C)CC)O4)O3)[C@]21O. The summed E-state index contributed by atoms with van der Waals surface area (Å²) in [6.07, 6.45) is 9.14. The number of carbonyl (C=O) groups excluding carboxylic acids is 1. The fraction of sp³-hybridized carbons (Fsp3) is 0.855. The van der Waals surface area contributed by atoms with Crippen molar-refractivity contribution in [3.05, 3.63) is 47.1 Å². The Morgan fingerprint density at radius 2 is 1.49 bits per heavy atom. The van der Waals surface area contributed by atoms with Gasteiger partial charge in [-0.05, 0) is 112 Å². The van der Waals surface area contributed by atoms with Crippen LogP contribution in [0, 0.1) is 23.7 Å². The van der Waals surface area contributed by atoms with Crippen LogP contribution in [0.2, 0.25) is 36.3 Å². The Morgan fingerprint density at radius 1 is 0.886 bits per heavy atom. The molecule has 2 N–H and O–H groups in total. The Kier molecular flexibility index (Phi) is 22.5. The van der Waals surface area contributed by atoms with E-state index in [2.05, 4.69) is 115 Å². The number of allylic oxidation sites excluding steroid dienone is 2. The highest BCUT2D eigenvalue weighted by atomic mass is 28.4. The number of esters is 1. The lowest BCUT2D eigenvalue weighted by atomic mass is 9.71. The lowest BCUT2D eigenvalue weighted by Gasteiger charge is -2.50. The molecule has 5 fully saturated rings. The summed E-state index contributed by atoms with van der Waals surface area (Å²) in [6.45, 7) is 41.0. The van der Waals surface area contributed by atoms with Gasteiger partial charge in [0.1, 0.15) is 23.7 Å². The topological polar surface area (TPSA) is 168 Å². The molecular formula is C62H108O15Si2. The maximum atomic E-state index is 13.7. The van der Waals surface area contributed by atoms with E-state index in [1.165, 1.54) is 0 Å². The van der Waals surface area contributed by atoms with Crippen LogP contribution in [0.25, 0.3) is 0 Å². The summed E-state index contributed by atoms with van der Waals surface area (Å²) in [5.41, 5.74) is 0.670. The van der Waals surface area contributed by atoms with Crippen LogP contribution in [-0.2, 0) is 61.0 Å². The average molecular weight is 1150 g/mol. The number of fused-ring (bicyclic) bond motifs is 1. The lowest BCUT2D eigenvalue weighted by molar-refractivity contribution is -0.340. The number of methoxy groups -OCH3 is 2. The van der Waals surface area contributed by atoms with Gasteiger partial charge in [0.15, 0.2) is 35.0 Å². The Labute approximate surface area is 478 Å². The van der Waals surface area contributed by atoms with Crippen molar-refractivity contribution in [2.24, 2.45) is 23.7 Å². The summed E-state index contributed by atoms with van der Waals surface area (Å²) in [6, 6.07) is 0. The molecule has 17 heteroatoms. The predicted octanol–water partition coefficient (Wildman–Crippen LogP) is 11.7. The molecule has 20 atom stereocenters. The smallest absolute Gasteiger partial charge is 0.316 e. The van der Waals surface area contributed by atoms with Gasteiger partial charge < -0.3 is 66.4 Å². The van der Waals surface area contributed by atoms with Crippen LogP contribution in [0.5, 0.6) is 0 Å². The zero-order chi connectivity index (χ0) is 58.8. The minimum atomic E-state index is -2.35. The maximum Gasteiger partial charge on any atom is 0.316 e. The van der Waals surface area contributed by atoms with Crippen molar-refractivity contribution < 1.29 is 71.2 Å². The minimum Gasteiger partial charge on any atom is -0.465 e. The molecular weight excluding hydrogens is 1040 g/mol. The van der Waals surface area contributed by atoms with Gasteiger partial charge in [-0.25, -0.2) is 0 Å². The van der Waals surface area contributed by atoms with Crippen LogP contribution in [0.3, 0.4) is 0 Å². The van der Waals surface area contributed by atoms with Gasteiger partial charge in [-0.1, -0.05) is 106 Å². The van der Waals surface area contributed by atoms with Crippen LogP contribution in [0.15, 0.2) is 47.1 Å². The monoisotopic (exact) mass is 1150 g/mol. The Bertz CT molecular complexity index is 2130. The first kappa shape index (κ1) is 66.5. The van der Waals surface area contributed by atoms with Crippen molar-refractivity contribution >= 4 is 22.6 Å². The molecule has 0 aromatic heterocycles. The van der Waals surface area contributed by atoms with Crippen molar-refractivity contribution in [3.8, 4) is 0 Å². The van der Waals surface area contributed by atoms with E-state index in [1.807, 2.05) is 39.0 Å². The fourth-order valence-electron chi connectivity index (χ4n) is 12.2. The van der Waals surface area contributed by atoms with Crippen molar-refractivity contribution in [2.45, 2.75) is 289 Å². The molecule has 79 heavy (non-hydrogen) atoms. The fourth-order valence-corrected chi connectivity index (χ4v) is 14.9. The van der Waals surface area contributed by atoms with Crippen molar-refractivity contribution in [3.63, 3.8) is 0 Å². The van der Waals surface area contributed by atoms with Gasteiger partial charge in [-0.15, -0.1) is 0 Å². The molecule has 0 saturated carbocycles. The molecule has 5 heterocycles. The van der Waals surface area contributed by atoms with Crippen molar-refractivity contribution in [2.75, 3.05) is 27.4 Å². The summed E-state index contributed by atoms with van der Waals surface area (Å²) in [7, 11) is -1.06. The highest BCUT2D eigenvalue weighted by molar-refractivity contribution is 6.74. The van der Waals surface area contributed by atoms with Gasteiger partial charge in [-0.2, -0.15) is 0 Å². The van der Waals surface area contributed by atoms with Gasteiger partial charge >= 0.3 is 5.97 Å². The second-order valence-electron chi connectivity index (χ2n) is 27.4. The van der Waals surface area contributed by atoms with E-state index in [4.69, 9.17) is 56.2 Å². The summed E-state index contributed by atoms with van der Waals surface area (Å²) in [5.74, 6) is -1.75. The molecule has 5 aliphatic heterocycles. The van der Waals surface area contributed by atoms with Gasteiger partial charge in [0.2, 0.25) is 0 Å². The zero-order valence-corrected chi connectivity index (χ0v) is 54.6. The Morgan fingerprint density at radius 3 is 2.11 bits per heavy atom. The minimum absolute atomic E-state index is 0.0274. The normalized spacial score (nSPS) is 38.9. The Balaban J connectivity index is 1.25. The third-order valence-corrected chi connectivity index (χ3v) is 28.3. The van der Waals surface area contributed by atoms with E-state index in [0.29, 0.717) is 49.5 Å². The summed E-state index contributed by atoms with van der Waals surface area (Å²) < 4.78 is 79.1. The van der Waals surface area contributed by atoms with Crippen LogP contribution < -0.4 is 0 Å². The first-order chi connectivity index (χ1) is 36.7. The third-order valence-electron chi connectivity index (χ3n) is 19.4. The van der Waals surface area contributed by atoms with Gasteiger partial charge in [-0.3, -0.25) is 4.79 Å². The number of hydrogen-bond acceptors (Lipinski definition) is 15. The second kappa shape index (κ2) is 26.7. The van der Waals surface area contributed by atoms with Crippen LogP contribution in [0.4, 0.5) is 0 Å². The van der Waals surface area contributed by atoms with E-state index < -0.39 is 89.1 Å². The number of hydrogen-bond donors (Lipinski definition) is 2. The lowest BCUT2D eigenvalue weighted by Crippen LogP contribution is -2.60. The van der Waals surface area contributed by atoms with E-state index in [0.717, 1.165) is 30.4 Å². The van der Waals surface area contributed by atoms with E-state index in [-0.39, 0.29) is 65.8 Å². The molecule has 0 aromatic rings. The summed E-state index contributed by atoms with van der Waals surface area (Å²) in [5, 5.41) is 24.2. The molecule has 5 saturated heterocycles. The van der Waals surface area contributed by atoms with E-state index in [1.54, 1.807) is 21.1 Å². The largest absolute Gasteiger partial charge is 0.465 e. The molecule has 0 amide bonds. The number of aliphatic hydroxyl groups excluding tert-OH is 1. The molecule has 0 aromatic carbocycles. The summed E-state index contributed by atoms with van der Waals surface area (Å²) in [4.78, 5) is 13.7. The maximum absolute atomic E-state index is 13.7. The zero-order valence-electron chi connectivity index (χ0n) is 52.6. The van der Waals surface area contributed by atoms with Gasteiger partial charge in [0, 0.05) is 52.2 Å². The average Bonchev–Trinajstić information content (AvgIpc) is 3.99. The molecule has 1 spiro atoms. The number of rotatable bonds is 20. The second-order valence-corrected chi connectivity index (χ2v) is 36.9. The van der Waals surface area contributed by atoms with Crippen LogP contribution in [-0.4, -0.2) is 157 Å². The molecule has 6 aliphatic rings. The standard InChI is InChI=1S/C62H108O15Si2/c1-22-37(3)53-40(6)29-30-61(75-53)35-45(63)32-46(74-61)28-27-39(5)52(72-50-33-48(66-16)55(42(8)70-50)73-51-34-49(67-17)56(43(9)71-51)77-79(20,21)60(13,14)15)38(4)25-24-26-44-36-69-57-54(76-78(18,19)59(10,11)12)41(7)31-47(62(44,57)65)58(64)68-23-2/h24-27,31,37-38,40,42-43,45-57,63,65H,22-23,28-30,32-36H2,1-21H3/b25-24+,39-27+,44-26+/t37-,38-,40-,42-,43-,45-,46+,47-,48-,49-,50-,51-,52-,53+,54+,55-,56-,57+,61+,62+/m0/s1.